The van der Waals surface area contributed by atoms with Gasteiger partial charge in [-0.1, -0.05) is 140 Å². The lowest BCUT2D eigenvalue weighted by molar-refractivity contribution is -0.119. The third-order valence-electron chi connectivity index (χ3n) is 8.80. The number of hydrogen-bond acceptors (Lipinski definition) is 5. The molecule has 0 saturated carbocycles. The average molecular weight is 616 g/mol. The van der Waals surface area contributed by atoms with E-state index >= 15 is 0 Å². The third-order valence-corrected chi connectivity index (χ3v) is 8.80. The van der Waals surface area contributed by atoms with Crippen LogP contribution in [0.4, 0.5) is 5.69 Å². The highest BCUT2D eigenvalue weighted by Crippen LogP contribution is 2.37. The lowest BCUT2D eigenvalue weighted by atomic mass is 9.82. The Bertz CT molecular complexity index is 1880. The van der Waals surface area contributed by atoms with Gasteiger partial charge in [-0.05, 0) is 40.0 Å². The molecule has 1 saturated heterocycles. The van der Waals surface area contributed by atoms with Gasteiger partial charge in [0.1, 0.15) is 11.9 Å². The zero-order chi connectivity index (χ0) is 32.2. The predicted molar refractivity (Wildman–Crippen MR) is 184 cm³/mol. The lowest BCUT2D eigenvalue weighted by Crippen LogP contribution is -2.37. The summed E-state index contributed by atoms with van der Waals surface area (Å²) in [5.74, 6) is -1.46. The standard InChI is InChI=1S/C41H33N3O3/c45-35(37(28-16-6-1-7-17-28)29-18-8-2-9-19-29)26-33-34(42-40-39(33)41(47)44(43-40)32-24-14-5-15-25-32)27-36(46)38(30-20-10-3-11-21-30)31-22-12-4-13-23-31/h1-25,37-38,40,43H,26-27H2. The number of rotatable bonds is 11. The lowest BCUT2D eigenvalue weighted by Gasteiger charge is -2.21. The smallest absolute Gasteiger partial charge is 0.272 e. The van der Waals surface area contributed by atoms with Crippen molar-refractivity contribution in [2.24, 2.45) is 4.99 Å². The summed E-state index contributed by atoms with van der Waals surface area (Å²) in [6, 6.07) is 48.0. The fourth-order valence-electron chi connectivity index (χ4n) is 6.63. The minimum atomic E-state index is -0.688. The van der Waals surface area contributed by atoms with E-state index in [1.165, 1.54) is 5.01 Å². The Morgan fingerprint density at radius 1 is 0.574 bits per heavy atom. The Hall–Kier alpha value is -5.72. The Balaban J connectivity index is 1.26. The summed E-state index contributed by atoms with van der Waals surface area (Å²) in [5.41, 5.74) is 8.83. The summed E-state index contributed by atoms with van der Waals surface area (Å²) < 4.78 is 0. The molecule has 230 valence electrons. The van der Waals surface area contributed by atoms with Gasteiger partial charge in [0.2, 0.25) is 0 Å². The molecule has 1 atom stereocenters. The van der Waals surface area contributed by atoms with E-state index in [9.17, 15) is 14.4 Å². The van der Waals surface area contributed by atoms with Crippen molar-refractivity contribution in [3.05, 3.63) is 185 Å². The van der Waals surface area contributed by atoms with Crippen molar-refractivity contribution in [2.45, 2.75) is 30.8 Å². The molecule has 1 unspecified atom stereocenters. The molecular weight excluding hydrogens is 582 g/mol. The van der Waals surface area contributed by atoms with Crippen LogP contribution < -0.4 is 10.4 Å². The zero-order valence-corrected chi connectivity index (χ0v) is 25.7. The predicted octanol–water partition coefficient (Wildman–Crippen LogP) is 7.20. The molecule has 0 spiro atoms. The van der Waals surface area contributed by atoms with E-state index in [-0.39, 0.29) is 30.3 Å². The number of nitrogens with one attached hydrogen (secondary N) is 1. The molecule has 2 aliphatic rings. The van der Waals surface area contributed by atoms with Crippen molar-refractivity contribution in [1.29, 1.82) is 0 Å². The molecule has 6 heteroatoms. The number of amides is 1. The van der Waals surface area contributed by atoms with Crippen molar-refractivity contribution >= 4 is 28.9 Å². The molecule has 1 amide bonds. The monoisotopic (exact) mass is 615 g/mol. The van der Waals surface area contributed by atoms with Crippen LogP contribution in [0.5, 0.6) is 0 Å². The second kappa shape index (κ2) is 13.3. The second-order valence-corrected chi connectivity index (χ2v) is 11.8. The SMILES string of the molecule is O=C(CC1=NC2NN(c3ccccc3)C(=O)C2=C1CC(=O)C(c1ccccc1)c1ccccc1)C(c1ccccc1)c1ccccc1. The molecule has 5 aromatic carbocycles. The fraction of sp³-hybridized carbons (Fsp3) is 0.122. The molecule has 2 aliphatic heterocycles. The van der Waals surface area contributed by atoms with Crippen LogP contribution in [0.3, 0.4) is 0 Å². The van der Waals surface area contributed by atoms with Crippen LogP contribution in [0.1, 0.15) is 46.9 Å². The van der Waals surface area contributed by atoms with Gasteiger partial charge in [0.25, 0.3) is 5.91 Å². The van der Waals surface area contributed by atoms with Crippen molar-refractivity contribution in [1.82, 2.24) is 5.43 Å². The van der Waals surface area contributed by atoms with E-state index in [0.29, 0.717) is 22.5 Å². The number of carbonyl (C=O) groups excluding carboxylic acids is 3. The van der Waals surface area contributed by atoms with Gasteiger partial charge in [-0.15, -0.1) is 0 Å². The molecule has 0 bridgehead atoms. The number of ketones is 2. The first kappa shape index (κ1) is 30.0. The zero-order valence-electron chi connectivity index (χ0n) is 25.7. The summed E-state index contributed by atoms with van der Waals surface area (Å²) in [6.45, 7) is 0. The van der Waals surface area contributed by atoms with Gasteiger partial charge >= 0.3 is 0 Å². The van der Waals surface area contributed by atoms with Gasteiger partial charge in [-0.25, -0.2) is 5.01 Å². The molecule has 47 heavy (non-hydrogen) atoms. The molecule has 0 aromatic heterocycles. The molecule has 5 aromatic rings. The highest BCUT2D eigenvalue weighted by atomic mass is 16.2. The molecule has 7 rings (SSSR count). The molecular formula is C41H33N3O3. The topological polar surface area (TPSA) is 78.8 Å². The highest BCUT2D eigenvalue weighted by molar-refractivity contribution is 6.23. The second-order valence-electron chi connectivity index (χ2n) is 11.8. The van der Waals surface area contributed by atoms with Crippen LogP contribution in [-0.2, 0) is 14.4 Å². The van der Waals surface area contributed by atoms with Gasteiger partial charge in [0.15, 0.2) is 5.78 Å². The number of Topliss-reactive ketones (excluding diaryl/α,β-unsaturated/α-hetero) is 2. The maximum absolute atomic E-state index is 14.4. The maximum Gasteiger partial charge on any atom is 0.272 e. The highest BCUT2D eigenvalue weighted by Gasteiger charge is 2.44. The van der Waals surface area contributed by atoms with E-state index in [1.54, 1.807) is 0 Å². The van der Waals surface area contributed by atoms with E-state index in [1.807, 2.05) is 152 Å². The maximum atomic E-state index is 14.4. The Morgan fingerprint density at radius 2 is 0.957 bits per heavy atom. The van der Waals surface area contributed by atoms with Crippen LogP contribution in [0.25, 0.3) is 0 Å². The average Bonchev–Trinajstić information content (AvgIpc) is 3.62. The number of hydrogen-bond donors (Lipinski definition) is 1. The van der Waals surface area contributed by atoms with Gasteiger partial charge in [-0.3, -0.25) is 19.4 Å². The summed E-state index contributed by atoms with van der Waals surface area (Å²) in [5, 5.41) is 1.48. The minimum absolute atomic E-state index is 0.0152. The molecule has 1 fully saturated rings. The molecule has 1 N–H and O–H groups in total. The number of fused-ring (bicyclic) bond motifs is 1. The number of hydrazine groups is 1. The number of anilines is 1. The van der Waals surface area contributed by atoms with Crippen LogP contribution in [-0.4, -0.2) is 29.4 Å². The first-order chi connectivity index (χ1) is 23.1. The van der Waals surface area contributed by atoms with Crippen LogP contribution >= 0.6 is 0 Å². The molecule has 0 aliphatic carbocycles. The van der Waals surface area contributed by atoms with Crippen molar-refractivity contribution < 1.29 is 14.4 Å². The van der Waals surface area contributed by atoms with E-state index in [2.05, 4.69) is 5.43 Å². The summed E-state index contributed by atoms with van der Waals surface area (Å²) in [4.78, 5) is 47.7. The van der Waals surface area contributed by atoms with Crippen LogP contribution in [0.2, 0.25) is 0 Å². The van der Waals surface area contributed by atoms with E-state index in [0.717, 1.165) is 22.3 Å². The quantitative estimate of drug-likeness (QED) is 0.171. The van der Waals surface area contributed by atoms with Crippen LogP contribution in [0, 0.1) is 0 Å². The van der Waals surface area contributed by atoms with Crippen molar-refractivity contribution in [3.63, 3.8) is 0 Å². The Labute approximate surface area is 274 Å². The van der Waals surface area contributed by atoms with Gasteiger partial charge in [0, 0.05) is 18.6 Å². The van der Waals surface area contributed by atoms with Crippen molar-refractivity contribution in [2.75, 3.05) is 5.01 Å². The fourth-order valence-corrected chi connectivity index (χ4v) is 6.63. The summed E-state index contributed by atoms with van der Waals surface area (Å²) in [7, 11) is 0. The Kier molecular flexibility index (Phi) is 8.50. The molecule has 2 heterocycles. The number of para-hydroxylation sites is 1. The van der Waals surface area contributed by atoms with Gasteiger partial charge in [0.05, 0.1) is 23.1 Å². The van der Waals surface area contributed by atoms with Gasteiger partial charge < -0.3 is 0 Å². The number of nitrogens with zero attached hydrogens (tertiary/aromatic N) is 2. The minimum Gasteiger partial charge on any atom is -0.298 e. The summed E-state index contributed by atoms with van der Waals surface area (Å²) in [6.07, 6.45) is -0.741. The molecule has 0 radical (unpaired) electrons. The van der Waals surface area contributed by atoms with Crippen molar-refractivity contribution in [3.8, 4) is 0 Å². The summed E-state index contributed by atoms with van der Waals surface area (Å²) >= 11 is 0. The van der Waals surface area contributed by atoms with E-state index in [4.69, 9.17) is 4.99 Å². The van der Waals surface area contributed by atoms with Gasteiger partial charge in [-0.2, -0.15) is 5.43 Å². The third kappa shape index (κ3) is 6.11. The largest absolute Gasteiger partial charge is 0.298 e. The number of carbonyl (C=O) groups is 3. The van der Waals surface area contributed by atoms with Crippen LogP contribution in [0.15, 0.2) is 168 Å². The number of benzene rings is 5. The molecule has 6 nitrogen and oxygen atoms in total. The number of aliphatic imine (C=N–C) groups is 1. The first-order valence-electron chi connectivity index (χ1n) is 15.8. The normalized spacial score (nSPS) is 15.7. The number of allylic oxidation sites excluding steroid dienone is 1. The first-order valence-corrected chi connectivity index (χ1v) is 15.8. The van der Waals surface area contributed by atoms with E-state index < -0.39 is 18.0 Å². The Morgan fingerprint density at radius 3 is 1.38 bits per heavy atom.